The normalized spacial score (nSPS) is 16.4. The number of nitrogens with zero attached hydrogens (tertiary/aromatic N) is 6. The number of halogens is 1. The molecule has 7 nitrogen and oxygen atoms in total. The van der Waals surface area contributed by atoms with Gasteiger partial charge in [0.15, 0.2) is 5.96 Å². The van der Waals surface area contributed by atoms with E-state index in [4.69, 9.17) is 11.6 Å². The van der Waals surface area contributed by atoms with Gasteiger partial charge in [0.25, 0.3) is 0 Å². The molecule has 2 heterocycles. The molecule has 152 valence electrons. The molecule has 1 aromatic carbocycles. The van der Waals surface area contributed by atoms with Gasteiger partial charge in [0.05, 0.1) is 6.54 Å². The quantitative estimate of drug-likeness (QED) is 0.592. The van der Waals surface area contributed by atoms with E-state index in [2.05, 4.69) is 42.3 Å². The minimum atomic E-state index is 0.655. The topological polar surface area (TPSA) is 61.6 Å². The summed E-state index contributed by atoms with van der Waals surface area (Å²) in [4.78, 5) is 13.3. The number of guanidine groups is 1. The van der Waals surface area contributed by atoms with Gasteiger partial charge in [0, 0.05) is 39.3 Å². The maximum atomic E-state index is 6.30. The van der Waals surface area contributed by atoms with Crippen molar-refractivity contribution in [3.05, 3.63) is 47.0 Å². The smallest absolute Gasteiger partial charge is 0.193 e. The highest BCUT2D eigenvalue weighted by Crippen LogP contribution is 2.22. The summed E-state index contributed by atoms with van der Waals surface area (Å²) < 4.78 is 1.79. The summed E-state index contributed by atoms with van der Waals surface area (Å²) in [6.45, 7) is 4.75. The molecule has 0 aliphatic carbocycles. The zero-order valence-corrected chi connectivity index (χ0v) is 17.7. The Kier molecular flexibility index (Phi) is 7.28. The van der Waals surface area contributed by atoms with E-state index in [0.717, 1.165) is 43.0 Å². The third kappa shape index (κ3) is 5.45. The Morgan fingerprint density at radius 3 is 2.71 bits per heavy atom. The van der Waals surface area contributed by atoms with Gasteiger partial charge in [-0.2, -0.15) is 5.10 Å². The third-order valence-corrected chi connectivity index (χ3v) is 5.73. The van der Waals surface area contributed by atoms with Crippen molar-refractivity contribution >= 4 is 17.6 Å². The lowest BCUT2D eigenvalue weighted by Crippen LogP contribution is -2.43. The molecule has 1 aliphatic rings. The number of piperidine rings is 1. The third-order valence-electron chi connectivity index (χ3n) is 5.36. The standard InChI is InChI=1S/C20H30ClN7/c1-22-20(26(2)14-19-24-15-25-27(19)3)23-12-16-8-10-28(11-9-16)13-17-6-4-5-7-18(17)21/h4-7,15-16H,8-14H2,1-3H3,(H,22,23). The highest BCUT2D eigenvalue weighted by Gasteiger charge is 2.20. The summed E-state index contributed by atoms with van der Waals surface area (Å²) in [5.74, 6) is 2.46. The second kappa shape index (κ2) is 9.89. The predicted octanol–water partition coefficient (Wildman–Crippen LogP) is 2.39. The molecule has 0 bridgehead atoms. The first-order valence-electron chi connectivity index (χ1n) is 9.77. The summed E-state index contributed by atoms with van der Waals surface area (Å²) in [5, 5.41) is 8.51. The van der Waals surface area contributed by atoms with Gasteiger partial charge in [0.2, 0.25) is 0 Å². The van der Waals surface area contributed by atoms with E-state index < -0.39 is 0 Å². The summed E-state index contributed by atoms with van der Waals surface area (Å²) >= 11 is 6.30. The molecule has 3 rings (SSSR count). The predicted molar refractivity (Wildman–Crippen MR) is 113 cm³/mol. The van der Waals surface area contributed by atoms with Crippen LogP contribution in [0.15, 0.2) is 35.6 Å². The molecule has 0 amide bonds. The van der Waals surface area contributed by atoms with Crippen LogP contribution in [-0.2, 0) is 20.1 Å². The molecule has 1 N–H and O–H groups in total. The van der Waals surface area contributed by atoms with Crippen molar-refractivity contribution in [1.82, 2.24) is 29.9 Å². The number of nitrogens with one attached hydrogen (secondary N) is 1. The SMILES string of the molecule is CN=C(NCC1CCN(Cc2ccccc2Cl)CC1)N(C)Cc1ncnn1C. The largest absolute Gasteiger partial charge is 0.356 e. The average molecular weight is 404 g/mol. The molecule has 0 unspecified atom stereocenters. The zero-order valence-electron chi connectivity index (χ0n) is 17.0. The fourth-order valence-electron chi connectivity index (χ4n) is 3.59. The summed E-state index contributed by atoms with van der Waals surface area (Å²) in [6.07, 6.45) is 3.94. The Hall–Kier alpha value is -2.12. The van der Waals surface area contributed by atoms with Crippen molar-refractivity contribution in [2.75, 3.05) is 33.7 Å². The van der Waals surface area contributed by atoms with Gasteiger partial charge in [-0.25, -0.2) is 4.98 Å². The molecule has 2 aromatic rings. The first-order chi connectivity index (χ1) is 13.6. The molecule has 1 saturated heterocycles. The van der Waals surface area contributed by atoms with E-state index in [1.807, 2.05) is 33.3 Å². The number of benzene rings is 1. The molecular formula is C20H30ClN7. The number of aromatic nitrogens is 3. The van der Waals surface area contributed by atoms with Crippen molar-refractivity contribution < 1.29 is 0 Å². The maximum absolute atomic E-state index is 6.30. The van der Waals surface area contributed by atoms with Crippen LogP contribution in [0.5, 0.6) is 0 Å². The van der Waals surface area contributed by atoms with E-state index in [-0.39, 0.29) is 0 Å². The lowest BCUT2D eigenvalue weighted by Gasteiger charge is -2.33. The van der Waals surface area contributed by atoms with Crippen molar-refractivity contribution in [1.29, 1.82) is 0 Å². The van der Waals surface area contributed by atoms with Crippen molar-refractivity contribution in [3.63, 3.8) is 0 Å². The first kappa shape index (κ1) is 20.6. The fraction of sp³-hybridized carbons (Fsp3) is 0.550. The van der Waals surface area contributed by atoms with Gasteiger partial charge in [-0.15, -0.1) is 0 Å². The molecular weight excluding hydrogens is 374 g/mol. The number of hydrogen-bond donors (Lipinski definition) is 1. The highest BCUT2D eigenvalue weighted by atomic mass is 35.5. The van der Waals surface area contributed by atoms with Crippen LogP contribution in [0.3, 0.4) is 0 Å². The molecule has 0 saturated carbocycles. The summed E-state index contributed by atoms with van der Waals surface area (Å²) in [5.41, 5.74) is 1.21. The minimum absolute atomic E-state index is 0.655. The number of likely N-dealkylation sites (tertiary alicyclic amines) is 1. The van der Waals surface area contributed by atoms with Crippen LogP contribution in [0.25, 0.3) is 0 Å². The monoisotopic (exact) mass is 403 g/mol. The Balaban J connectivity index is 1.42. The van der Waals surface area contributed by atoms with E-state index in [0.29, 0.717) is 12.5 Å². The van der Waals surface area contributed by atoms with Crippen LogP contribution in [0.4, 0.5) is 0 Å². The zero-order chi connectivity index (χ0) is 19.9. The Labute approximate surface area is 172 Å². The number of hydrogen-bond acceptors (Lipinski definition) is 4. The number of rotatable bonds is 6. The van der Waals surface area contributed by atoms with Gasteiger partial charge >= 0.3 is 0 Å². The lowest BCUT2D eigenvalue weighted by molar-refractivity contribution is 0.177. The van der Waals surface area contributed by atoms with Crippen LogP contribution < -0.4 is 5.32 Å². The lowest BCUT2D eigenvalue weighted by atomic mass is 9.96. The van der Waals surface area contributed by atoms with E-state index >= 15 is 0 Å². The second-order valence-corrected chi connectivity index (χ2v) is 7.80. The summed E-state index contributed by atoms with van der Waals surface area (Å²) in [6, 6.07) is 8.13. The molecule has 28 heavy (non-hydrogen) atoms. The van der Waals surface area contributed by atoms with E-state index in [1.165, 1.54) is 18.4 Å². The Morgan fingerprint density at radius 1 is 1.32 bits per heavy atom. The summed E-state index contributed by atoms with van der Waals surface area (Å²) in [7, 11) is 5.75. The van der Waals surface area contributed by atoms with Crippen LogP contribution in [-0.4, -0.2) is 64.3 Å². The molecule has 1 aromatic heterocycles. The van der Waals surface area contributed by atoms with Crippen molar-refractivity contribution in [2.24, 2.45) is 18.0 Å². The van der Waals surface area contributed by atoms with E-state index in [9.17, 15) is 0 Å². The van der Waals surface area contributed by atoms with Gasteiger partial charge in [-0.1, -0.05) is 29.8 Å². The van der Waals surface area contributed by atoms with Gasteiger partial charge in [-0.3, -0.25) is 14.6 Å². The molecule has 0 atom stereocenters. The Morgan fingerprint density at radius 2 is 2.07 bits per heavy atom. The van der Waals surface area contributed by atoms with E-state index in [1.54, 1.807) is 11.0 Å². The van der Waals surface area contributed by atoms with Crippen LogP contribution >= 0.6 is 11.6 Å². The maximum Gasteiger partial charge on any atom is 0.193 e. The Bertz CT molecular complexity index is 780. The molecule has 0 radical (unpaired) electrons. The minimum Gasteiger partial charge on any atom is -0.356 e. The van der Waals surface area contributed by atoms with Crippen molar-refractivity contribution in [2.45, 2.75) is 25.9 Å². The van der Waals surface area contributed by atoms with Gasteiger partial charge in [0.1, 0.15) is 12.2 Å². The fourth-order valence-corrected chi connectivity index (χ4v) is 3.78. The average Bonchev–Trinajstić information content (AvgIpc) is 3.10. The molecule has 8 heteroatoms. The molecule has 1 aliphatic heterocycles. The first-order valence-corrected chi connectivity index (χ1v) is 10.1. The van der Waals surface area contributed by atoms with Crippen LogP contribution in [0.1, 0.15) is 24.2 Å². The van der Waals surface area contributed by atoms with Crippen LogP contribution in [0, 0.1) is 5.92 Å². The number of aliphatic imine (C=N–C) groups is 1. The molecule has 0 spiro atoms. The number of aryl methyl sites for hydroxylation is 1. The van der Waals surface area contributed by atoms with Gasteiger partial charge < -0.3 is 10.2 Å². The van der Waals surface area contributed by atoms with Crippen LogP contribution in [0.2, 0.25) is 5.02 Å². The highest BCUT2D eigenvalue weighted by molar-refractivity contribution is 6.31. The van der Waals surface area contributed by atoms with Gasteiger partial charge in [-0.05, 0) is 43.5 Å². The molecule has 1 fully saturated rings. The van der Waals surface area contributed by atoms with Crippen molar-refractivity contribution in [3.8, 4) is 0 Å². The second-order valence-electron chi connectivity index (χ2n) is 7.39.